The van der Waals surface area contributed by atoms with E-state index in [0.29, 0.717) is 0 Å². The Morgan fingerprint density at radius 1 is 1.03 bits per heavy atom. The first-order valence-corrected chi connectivity index (χ1v) is 10.4. The number of aromatic amines is 1. The number of hydrogen-bond donors (Lipinski definition) is 1. The molecule has 156 valence electrons. The van der Waals surface area contributed by atoms with Gasteiger partial charge in [-0.25, -0.2) is 8.42 Å². The summed E-state index contributed by atoms with van der Waals surface area (Å²) in [6, 6.07) is 9.16. The number of rotatable bonds is 4. The van der Waals surface area contributed by atoms with Gasteiger partial charge in [0.2, 0.25) is 15.3 Å². The van der Waals surface area contributed by atoms with Crippen LogP contribution in [0.1, 0.15) is 26.3 Å². The van der Waals surface area contributed by atoms with Crippen molar-refractivity contribution >= 4 is 20.7 Å². The zero-order valence-electron chi connectivity index (χ0n) is 16.0. The Labute approximate surface area is 166 Å². The minimum absolute atomic E-state index is 0.0766. The van der Waals surface area contributed by atoms with Gasteiger partial charge in [-0.2, -0.15) is 0 Å². The van der Waals surface area contributed by atoms with Gasteiger partial charge in [-0.15, -0.1) is 13.2 Å². The summed E-state index contributed by atoms with van der Waals surface area (Å²) in [6.07, 6.45) is -3.16. The van der Waals surface area contributed by atoms with Gasteiger partial charge in [-0.1, -0.05) is 32.9 Å². The molecule has 0 aliphatic rings. The van der Waals surface area contributed by atoms with Gasteiger partial charge >= 0.3 is 6.36 Å². The van der Waals surface area contributed by atoms with Crippen LogP contribution in [0.4, 0.5) is 13.2 Å². The summed E-state index contributed by atoms with van der Waals surface area (Å²) >= 11 is 0. The Kier molecular flexibility index (Phi) is 6.73. The lowest BCUT2D eigenvalue weighted by molar-refractivity contribution is -0.274. The first-order chi connectivity index (χ1) is 13.6. The van der Waals surface area contributed by atoms with Gasteiger partial charge in [0, 0.05) is 11.7 Å². The predicted octanol–water partition coefficient (Wildman–Crippen LogP) is 4.85. The van der Waals surface area contributed by atoms with Gasteiger partial charge < -0.3 is 9.72 Å². The summed E-state index contributed by atoms with van der Waals surface area (Å²) in [4.78, 5) is 14.7. The average Bonchev–Trinajstić information content (AvgIpc) is 2.69. The number of halogens is 3. The molecule has 5 nitrogen and oxygen atoms in total. The van der Waals surface area contributed by atoms with Crippen molar-refractivity contribution in [1.82, 2.24) is 4.98 Å². The van der Waals surface area contributed by atoms with Crippen LogP contribution in [0.5, 0.6) is 5.75 Å². The summed E-state index contributed by atoms with van der Waals surface area (Å²) in [5.74, 6) is -0.609. The molecule has 29 heavy (non-hydrogen) atoms. The molecule has 0 unspecified atom stereocenters. The molecule has 0 bridgehead atoms. The van der Waals surface area contributed by atoms with Gasteiger partial charge in [-0.3, -0.25) is 4.79 Å². The summed E-state index contributed by atoms with van der Waals surface area (Å²) in [5, 5.41) is -0.219. The summed E-state index contributed by atoms with van der Waals surface area (Å²) in [7, 11) is -4.14. The molecule has 0 saturated carbocycles. The van der Waals surface area contributed by atoms with Crippen molar-refractivity contribution in [2.45, 2.75) is 43.3 Å². The Bertz CT molecular complexity index is 1150. The van der Waals surface area contributed by atoms with Gasteiger partial charge in [0.15, 0.2) is 0 Å². The molecule has 0 spiro atoms. The van der Waals surface area contributed by atoms with E-state index in [1.165, 1.54) is 18.2 Å². The SMILES string of the molecule is CC.CCc1ccc(S(=O)(=O)c2c[nH]c3ccc(OC(F)(F)F)cc3c2=O)cc1. The van der Waals surface area contributed by atoms with Crippen LogP contribution in [-0.4, -0.2) is 19.8 Å². The third kappa shape index (κ3) is 4.97. The van der Waals surface area contributed by atoms with E-state index in [2.05, 4.69) is 9.72 Å². The number of ether oxygens (including phenoxy) is 1. The minimum Gasteiger partial charge on any atom is -0.406 e. The van der Waals surface area contributed by atoms with Crippen LogP contribution in [0.2, 0.25) is 0 Å². The minimum atomic E-state index is -4.93. The summed E-state index contributed by atoms with van der Waals surface area (Å²) in [5.41, 5.74) is 0.209. The normalized spacial score (nSPS) is 11.7. The highest BCUT2D eigenvalue weighted by molar-refractivity contribution is 7.91. The molecule has 9 heteroatoms. The number of pyridine rings is 1. The first-order valence-electron chi connectivity index (χ1n) is 8.87. The number of benzene rings is 2. The molecule has 2 aromatic carbocycles. The van der Waals surface area contributed by atoms with Crippen molar-refractivity contribution in [3.63, 3.8) is 0 Å². The van der Waals surface area contributed by atoms with E-state index in [4.69, 9.17) is 0 Å². The molecule has 0 amide bonds. The maximum Gasteiger partial charge on any atom is 0.573 e. The van der Waals surface area contributed by atoms with Crippen LogP contribution >= 0.6 is 0 Å². The van der Waals surface area contributed by atoms with Crippen LogP contribution in [0.25, 0.3) is 10.9 Å². The van der Waals surface area contributed by atoms with Gasteiger partial charge in [0.25, 0.3) is 0 Å². The highest BCUT2D eigenvalue weighted by Gasteiger charge is 2.31. The number of aromatic nitrogens is 1. The van der Waals surface area contributed by atoms with Crippen LogP contribution in [0, 0.1) is 0 Å². The maximum absolute atomic E-state index is 12.8. The number of sulfone groups is 1. The fourth-order valence-corrected chi connectivity index (χ4v) is 3.92. The summed E-state index contributed by atoms with van der Waals surface area (Å²) in [6.45, 7) is 5.91. The van der Waals surface area contributed by atoms with Crippen LogP contribution in [0.15, 0.2) is 63.2 Å². The molecule has 1 N–H and O–H groups in total. The van der Waals surface area contributed by atoms with Crippen molar-refractivity contribution in [2.75, 3.05) is 0 Å². The van der Waals surface area contributed by atoms with E-state index in [9.17, 15) is 26.4 Å². The second-order valence-electron chi connectivity index (χ2n) is 5.74. The molecule has 3 aromatic rings. The zero-order valence-corrected chi connectivity index (χ0v) is 16.8. The quantitative estimate of drug-likeness (QED) is 0.646. The van der Waals surface area contributed by atoms with Gasteiger partial charge in [0.05, 0.1) is 10.3 Å². The second kappa shape index (κ2) is 8.69. The molecule has 0 aliphatic carbocycles. The van der Waals surface area contributed by atoms with Crippen molar-refractivity contribution in [1.29, 1.82) is 0 Å². The molecule has 3 rings (SSSR count). The Hall–Kier alpha value is -2.81. The van der Waals surface area contributed by atoms with E-state index in [1.54, 1.807) is 12.1 Å². The Balaban J connectivity index is 0.00000145. The maximum atomic E-state index is 12.8. The number of hydrogen-bond acceptors (Lipinski definition) is 4. The lowest BCUT2D eigenvalue weighted by atomic mass is 10.2. The van der Waals surface area contributed by atoms with Gasteiger partial charge in [-0.05, 0) is 42.3 Å². The number of fused-ring (bicyclic) bond motifs is 1. The Morgan fingerprint density at radius 2 is 1.66 bits per heavy atom. The highest BCUT2D eigenvalue weighted by atomic mass is 32.2. The van der Waals surface area contributed by atoms with Crippen molar-refractivity contribution in [3.8, 4) is 5.75 Å². The number of H-pyrrole nitrogens is 1. The van der Waals surface area contributed by atoms with Crippen LogP contribution < -0.4 is 10.2 Å². The van der Waals surface area contributed by atoms with Crippen molar-refractivity contribution < 1.29 is 26.3 Å². The molecule has 1 heterocycles. The van der Waals surface area contributed by atoms with Gasteiger partial charge in [0.1, 0.15) is 10.6 Å². The summed E-state index contributed by atoms with van der Waals surface area (Å²) < 4.78 is 66.5. The molecule has 0 aliphatic heterocycles. The molecular weight excluding hydrogens is 407 g/mol. The van der Waals surface area contributed by atoms with E-state index >= 15 is 0 Å². The topological polar surface area (TPSA) is 76.2 Å². The highest BCUT2D eigenvalue weighted by Crippen LogP contribution is 2.26. The van der Waals surface area contributed by atoms with Crippen molar-refractivity contribution in [3.05, 3.63) is 64.4 Å². The monoisotopic (exact) mass is 427 g/mol. The molecule has 0 saturated heterocycles. The van der Waals surface area contributed by atoms with E-state index in [1.807, 2.05) is 20.8 Å². The molecule has 1 aromatic heterocycles. The first kappa shape index (κ1) is 22.5. The number of aryl methyl sites for hydroxylation is 1. The van der Waals surface area contributed by atoms with Crippen LogP contribution in [-0.2, 0) is 16.3 Å². The van der Waals surface area contributed by atoms with Crippen molar-refractivity contribution in [2.24, 2.45) is 0 Å². The second-order valence-corrected chi connectivity index (χ2v) is 7.66. The molecule has 0 fully saturated rings. The van der Waals surface area contributed by atoms with E-state index < -0.39 is 32.3 Å². The molecule has 0 atom stereocenters. The van der Waals surface area contributed by atoms with Crippen LogP contribution in [0.3, 0.4) is 0 Å². The third-order valence-electron chi connectivity index (χ3n) is 3.98. The predicted molar refractivity (Wildman–Crippen MR) is 104 cm³/mol. The van der Waals surface area contributed by atoms with E-state index in [-0.39, 0.29) is 15.8 Å². The fourth-order valence-electron chi connectivity index (χ4n) is 2.61. The largest absolute Gasteiger partial charge is 0.573 e. The number of alkyl halides is 3. The third-order valence-corrected chi connectivity index (χ3v) is 5.76. The lowest BCUT2D eigenvalue weighted by Gasteiger charge is -2.10. The molecule has 0 radical (unpaired) electrons. The standard InChI is InChI=1S/C18H14F3NO4S.C2H6/c1-2-11-3-6-13(7-4-11)27(24,25)16-10-22-15-8-5-12(26-18(19,20)21)9-14(15)17(16)23;1-2/h3-10H,2H2,1H3,(H,22,23);1-2H3. The Morgan fingerprint density at radius 3 is 2.21 bits per heavy atom. The number of nitrogens with one attached hydrogen (secondary N) is 1. The van der Waals surface area contributed by atoms with E-state index in [0.717, 1.165) is 30.3 Å². The average molecular weight is 427 g/mol. The fraction of sp³-hybridized carbons (Fsp3) is 0.250. The smallest absolute Gasteiger partial charge is 0.406 e. The molecular formula is C20H20F3NO4S. The lowest BCUT2D eigenvalue weighted by Crippen LogP contribution is -2.18. The zero-order chi connectivity index (χ0) is 21.8.